The summed E-state index contributed by atoms with van der Waals surface area (Å²) in [5.74, 6) is 2.57. The Bertz CT molecular complexity index is 704. The molecule has 6 nitrogen and oxygen atoms in total. The molecule has 2 rings (SSSR count). The van der Waals surface area contributed by atoms with Crippen LogP contribution in [-0.2, 0) is 6.54 Å². The van der Waals surface area contributed by atoms with Crippen LogP contribution in [0.5, 0.6) is 5.75 Å². The van der Waals surface area contributed by atoms with Gasteiger partial charge >= 0.3 is 0 Å². The van der Waals surface area contributed by atoms with E-state index in [4.69, 9.17) is 4.74 Å². The summed E-state index contributed by atoms with van der Waals surface area (Å²) in [5, 5.41) is 6.53. The normalized spacial score (nSPS) is 10.7. The van der Waals surface area contributed by atoms with Gasteiger partial charge in [-0.15, -0.1) is 24.0 Å². The molecule has 0 unspecified atom stereocenters. The zero-order valence-corrected chi connectivity index (χ0v) is 18.9. The second kappa shape index (κ2) is 12.4. The van der Waals surface area contributed by atoms with Gasteiger partial charge in [0.25, 0.3) is 0 Å². The third-order valence-electron chi connectivity index (χ3n) is 3.68. The zero-order valence-electron chi connectivity index (χ0n) is 16.5. The van der Waals surface area contributed by atoms with E-state index in [1.807, 2.05) is 68.4 Å². The molecule has 0 saturated heterocycles. The molecule has 7 heteroatoms. The fourth-order valence-corrected chi connectivity index (χ4v) is 2.28. The first-order chi connectivity index (χ1) is 12.6. The second-order valence-electron chi connectivity index (χ2n) is 6.17. The van der Waals surface area contributed by atoms with Gasteiger partial charge in [-0.25, -0.2) is 9.98 Å². The van der Waals surface area contributed by atoms with Crippen LogP contribution in [0.3, 0.4) is 0 Å². The van der Waals surface area contributed by atoms with Crippen LogP contribution in [-0.4, -0.2) is 44.7 Å². The van der Waals surface area contributed by atoms with Crippen LogP contribution in [0.15, 0.2) is 47.5 Å². The molecule has 0 aliphatic carbocycles. The van der Waals surface area contributed by atoms with Gasteiger partial charge < -0.3 is 20.3 Å². The smallest absolute Gasteiger partial charge is 0.191 e. The molecule has 148 valence electrons. The predicted molar refractivity (Wildman–Crippen MR) is 123 cm³/mol. The van der Waals surface area contributed by atoms with Gasteiger partial charge in [0.15, 0.2) is 5.96 Å². The van der Waals surface area contributed by atoms with Crippen molar-refractivity contribution in [3.05, 3.63) is 53.7 Å². The minimum Gasteiger partial charge on any atom is -0.492 e. The van der Waals surface area contributed by atoms with E-state index in [1.165, 1.54) is 5.56 Å². The quantitative estimate of drug-likeness (QED) is 0.262. The molecule has 0 fully saturated rings. The summed E-state index contributed by atoms with van der Waals surface area (Å²) in [6.07, 6.45) is 0. The van der Waals surface area contributed by atoms with Crippen LogP contribution in [0.25, 0.3) is 0 Å². The standard InChI is InChI=1S/C20H29N5O.HI/c1-5-21-20(22-13-14-26-18-11-9-16(2)10-12-18)23-15-17-7-6-8-19(24-17)25(3)4;/h6-12H,5,13-15H2,1-4H3,(H2,21,22,23);1H. The Hall–Kier alpha value is -2.03. The van der Waals surface area contributed by atoms with E-state index < -0.39 is 0 Å². The van der Waals surface area contributed by atoms with Crippen molar-refractivity contribution in [1.29, 1.82) is 0 Å². The van der Waals surface area contributed by atoms with Crippen molar-refractivity contribution in [1.82, 2.24) is 15.6 Å². The summed E-state index contributed by atoms with van der Waals surface area (Å²) in [6.45, 7) is 6.68. The number of nitrogens with one attached hydrogen (secondary N) is 2. The van der Waals surface area contributed by atoms with Crippen molar-refractivity contribution in [2.75, 3.05) is 38.7 Å². The number of pyridine rings is 1. The number of halogens is 1. The fraction of sp³-hybridized carbons (Fsp3) is 0.400. The number of nitrogens with zero attached hydrogens (tertiary/aromatic N) is 3. The Balaban J connectivity index is 0.00000364. The van der Waals surface area contributed by atoms with Gasteiger partial charge in [-0.05, 0) is 38.1 Å². The van der Waals surface area contributed by atoms with Gasteiger partial charge in [0.05, 0.1) is 18.8 Å². The third kappa shape index (κ3) is 8.47. The highest BCUT2D eigenvalue weighted by atomic mass is 127. The lowest BCUT2D eigenvalue weighted by atomic mass is 10.2. The van der Waals surface area contributed by atoms with Gasteiger partial charge in [-0.2, -0.15) is 0 Å². The summed E-state index contributed by atoms with van der Waals surface area (Å²) in [5.41, 5.74) is 2.16. The molecule has 0 aliphatic heterocycles. The number of hydrogen-bond acceptors (Lipinski definition) is 4. The van der Waals surface area contributed by atoms with Gasteiger partial charge in [0.2, 0.25) is 0 Å². The van der Waals surface area contributed by atoms with Gasteiger partial charge in [-0.3, -0.25) is 0 Å². The molecule has 0 atom stereocenters. The summed E-state index contributed by atoms with van der Waals surface area (Å²) in [7, 11) is 3.96. The number of aliphatic imine (C=N–C) groups is 1. The molecule has 2 N–H and O–H groups in total. The van der Waals surface area contributed by atoms with E-state index in [2.05, 4.69) is 27.5 Å². The summed E-state index contributed by atoms with van der Waals surface area (Å²) in [4.78, 5) is 11.2. The molecule has 27 heavy (non-hydrogen) atoms. The molecule has 0 amide bonds. The van der Waals surface area contributed by atoms with Crippen LogP contribution in [0.4, 0.5) is 5.82 Å². The Morgan fingerprint density at radius 3 is 2.52 bits per heavy atom. The lowest BCUT2D eigenvalue weighted by molar-refractivity contribution is 0.322. The number of hydrogen-bond donors (Lipinski definition) is 2. The van der Waals surface area contributed by atoms with E-state index in [1.54, 1.807) is 0 Å². The number of ether oxygens (including phenoxy) is 1. The maximum atomic E-state index is 5.73. The highest BCUT2D eigenvalue weighted by molar-refractivity contribution is 14.0. The third-order valence-corrected chi connectivity index (χ3v) is 3.68. The maximum absolute atomic E-state index is 5.73. The first-order valence-electron chi connectivity index (χ1n) is 8.93. The maximum Gasteiger partial charge on any atom is 0.191 e. The van der Waals surface area contributed by atoms with E-state index in [0.717, 1.165) is 29.8 Å². The Morgan fingerprint density at radius 2 is 1.85 bits per heavy atom. The highest BCUT2D eigenvalue weighted by Crippen LogP contribution is 2.11. The summed E-state index contributed by atoms with van der Waals surface area (Å²) in [6, 6.07) is 14.0. The van der Waals surface area contributed by atoms with Crippen molar-refractivity contribution in [3.63, 3.8) is 0 Å². The van der Waals surface area contributed by atoms with Gasteiger partial charge in [0.1, 0.15) is 18.2 Å². The average molecular weight is 483 g/mol. The first-order valence-corrected chi connectivity index (χ1v) is 8.93. The van der Waals surface area contributed by atoms with E-state index >= 15 is 0 Å². The van der Waals surface area contributed by atoms with Crippen LogP contribution in [0.2, 0.25) is 0 Å². The second-order valence-corrected chi connectivity index (χ2v) is 6.17. The van der Waals surface area contributed by atoms with Crippen LogP contribution in [0, 0.1) is 6.92 Å². The Labute approximate surface area is 179 Å². The summed E-state index contributed by atoms with van der Waals surface area (Å²) < 4.78 is 5.73. The molecular weight excluding hydrogens is 453 g/mol. The monoisotopic (exact) mass is 483 g/mol. The van der Waals surface area contributed by atoms with Crippen molar-refractivity contribution in [2.24, 2.45) is 4.99 Å². The zero-order chi connectivity index (χ0) is 18.8. The summed E-state index contributed by atoms with van der Waals surface area (Å²) >= 11 is 0. The largest absolute Gasteiger partial charge is 0.492 e. The molecule has 1 aromatic carbocycles. The van der Waals surface area contributed by atoms with Crippen LogP contribution >= 0.6 is 24.0 Å². The van der Waals surface area contributed by atoms with Crippen LogP contribution < -0.4 is 20.3 Å². The topological polar surface area (TPSA) is 61.8 Å². The van der Waals surface area contributed by atoms with E-state index in [-0.39, 0.29) is 24.0 Å². The molecule has 0 radical (unpaired) electrons. The van der Waals surface area contributed by atoms with Gasteiger partial charge in [-0.1, -0.05) is 23.8 Å². The van der Waals surface area contributed by atoms with Crippen LogP contribution in [0.1, 0.15) is 18.2 Å². The minimum atomic E-state index is 0. The number of aryl methyl sites for hydroxylation is 1. The molecule has 2 aromatic rings. The highest BCUT2D eigenvalue weighted by Gasteiger charge is 2.01. The molecular formula is C20H30IN5O. The van der Waals surface area contributed by atoms with E-state index in [0.29, 0.717) is 19.7 Å². The first kappa shape index (κ1) is 23.0. The molecule has 1 heterocycles. The van der Waals surface area contributed by atoms with Gasteiger partial charge in [0, 0.05) is 20.6 Å². The lowest BCUT2D eigenvalue weighted by Gasteiger charge is -2.13. The number of aromatic nitrogens is 1. The minimum absolute atomic E-state index is 0. The van der Waals surface area contributed by atoms with E-state index in [9.17, 15) is 0 Å². The molecule has 1 aromatic heterocycles. The number of anilines is 1. The Morgan fingerprint density at radius 1 is 1.11 bits per heavy atom. The molecule has 0 spiro atoms. The van der Waals surface area contributed by atoms with Crippen molar-refractivity contribution < 1.29 is 4.74 Å². The number of guanidine groups is 1. The lowest BCUT2D eigenvalue weighted by Crippen LogP contribution is -2.39. The number of benzene rings is 1. The Kier molecular flexibility index (Phi) is 10.5. The van der Waals surface area contributed by atoms with Crippen molar-refractivity contribution >= 4 is 35.8 Å². The average Bonchev–Trinajstić information content (AvgIpc) is 2.64. The number of rotatable bonds is 8. The SMILES string of the molecule is CCNC(=NCc1cccc(N(C)C)n1)NCCOc1ccc(C)cc1.I. The molecule has 0 aliphatic rings. The fourth-order valence-electron chi connectivity index (χ4n) is 2.28. The molecule has 0 saturated carbocycles. The van der Waals surface area contributed by atoms with Crippen molar-refractivity contribution in [3.8, 4) is 5.75 Å². The van der Waals surface area contributed by atoms with Crippen molar-refractivity contribution in [2.45, 2.75) is 20.4 Å². The predicted octanol–water partition coefficient (Wildman–Crippen LogP) is 3.21. The molecule has 0 bridgehead atoms.